The van der Waals surface area contributed by atoms with Crippen LogP contribution in [0.3, 0.4) is 0 Å². The van der Waals surface area contributed by atoms with Gasteiger partial charge in [-0.2, -0.15) is 0 Å². The Morgan fingerprint density at radius 2 is 1.86 bits per heavy atom. The summed E-state index contributed by atoms with van der Waals surface area (Å²) in [4.78, 5) is 12.9. The Balaban J connectivity index is 2.23. The molecule has 0 N–H and O–H groups in total. The molecule has 0 saturated heterocycles. The first-order valence-electron chi connectivity index (χ1n) is 7.19. The molecule has 1 aliphatic heterocycles. The molecular formula is C18H19NO2. The topological polar surface area (TPSA) is 29.5 Å². The van der Waals surface area contributed by atoms with Crippen LogP contribution in [0.25, 0.3) is 0 Å². The Hall–Kier alpha value is -2.29. The van der Waals surface area contributed by atoms with Crippen molar-refractivity contribution >= 4 is 17.8 Å². The van der Waals surface area contributed by atoms with Crippen molar-refractivity contribution in [2.75, 3.05) is 4.90 Å². The summed E-state index contributed by atoms with van der Waals surface area (Å²) in [6, 6.07) is 12.6. The van der Waals surface area contributed by atoms with Crippen molar-refractivity contribution in [1.82, 2.24) is 0 Å². The highest BCUT2D eigenvalue weighted by Gasteiger charge is 2.29. The molecule has 21 heavy (non-hydrogen) atoms. The third kappa shape index (κ3) is 2.19. The maximum Gasteiger partial charge on any atom is 0.295 e. The molecule has 0 bridgehead atoms. The van der Waals surface area contributed by atoms with E-state index < -0.39 is 0 Å². The van der Waals surface area contributed by atoms with Crippen LogP contribution in [0.5, 0.6) is 0 Å². The number of para-hydroxylation sites is 1. The minimum atomic E-state index is -0.330. The smallest absolute Gasteiger partial charge is 0.295 e. The van der Waals surface area contributed by atoms with Crippen molar-refractivity contribution in [3.63, 3.8) is 0 Å². The van der Waals surface area contributed by atoms with Crippen LogP contribution in [-0.2, 0) is 16.0 Å². The fraction of sp³-hybridized carbons (Fsp3) is 0.278. The molecule has 1 atom stereocenters. The van der Waals surface area contributed by atoms with Gasteiger partial charge in [0.05, 0.1) is 5.69 Å². The lowest BCUT2D eigenvalue weighted by molar-refractivity contribution is -0.132. The van der Waals surface area contributed by atoms with E-state index in [-0.39, 0.29) is 6.23 Å². The first kappa shape index (κ1) is 13.7. The molecule has 2 aromatic rings. The average Bonchev–Trinajstić information content (AvgIpc) is 2.49. The van der Waals surface area contributed by atoms with E-state index in [9.17, 15) is 4.79 Å². The quantitative estimate of drug-likeness (QED) is 0.800. The monoisotopic (exact) mass is 281 g/mol. The number of rotatable bonds is 3. The Bertz CT molecular complexity index is 694. The van der Waals surface area contributed by atoms with E-state index in [4.69, 9.17) is 4.74 Å². The normalized spacial score (nSPS) is 14.1. The lowest BCUT2D eigenvalue weighted by atomic mass is 9.90. The molecule has 0 fully saturated rings. The van der Waals surface area contributed by atoms with E-state index in [1.807, 2.05) is 13.0 Å². The van der Waals surface area contributed by atoms with Crippen molar-refractivity contribution in [2.45, 2.75) is 33.4 Å². The van der Waals surface area contributed by atoms with Gasteiger partial charge >= 0.3 is 0 Å². The Morgan fingerprint density at radius 3 is 2.62 bits per heavy atom. The number of anilines is 2. The summed E-state index contributed by atoms with van der Waals surface area (Å²) in [5.41, 5.74) is 7.34. The van der Waals surface area contributed by atoms with Gasteiger partial charge in [0.1, 0.15) is 0 Å². The van der Waals surface area contributed by atoms with Gasteiger partial charge in [-0.05, 0) is 49.1 Å². The molecule has 0 saturated carbocycles. The highest BCUT2D eigenvalue weighted by atomic mass is 16.5. The molecule has 108 valence electrons. The van der Waals surface area contributed by atoms with Gasteiger partial charge in [0.25, 0.3) is 6.47 Å². The van der Waals surface area contributed by atoms with E-state index in [1.165, 1.54) is 27.9 Å². The molecule has 2 aromatic carbocycles. The summed E-state index contributed by atoms with van der Waals surface area (Å²) < 4.78 is 5.24. The van der Waals surface area contributed by atoms with Crippen molar-refractivity contribution in [3.8, 4) is 0 Å². The Labute approximate surface area is 125 Å². The number of aryl methyl sites for hydroxylation is 2. The number of benzene rings is 2. The van der Waals surface area contributed by atoms with Gasteiger partial charge in [-0.25, -0.2) is 0 Å². The molecule has 3 heteroatoms. The molecular weight excluding hydrogens is 262 g/mol. The molecule has 3 nitrogen and oxygen atoms in total. The van der Waals surface area contributed by atoms with Gasteiger partial charge in [0.2, 0.25) is 0 Å². The number of carbonyl (C=O) groups is 1. The predicted octanol–water partition coefficient (Wildman–Crippen LogP) is 3.86. The number of nitrogens with zero attached hydrogens (tertiary/aromatic N) is 1. The molecule has 1 heterocycles. The zero-order valence-corrected chi connectivity index (χ0v) is 12.6. The summed E-state index contributed by atoms with van der Waals surface area (Å²) in [6.07, 6.45) is 0.590. The third-order valence-corrected chi connectivity index (χ3v) is 4.19. The van der Waals surface area contributed by atoms with Gasteiger partial charge in [-0.15, -0.1) is 0 Å². The molecule has 0 radical (unpaired) electrons. The second kappa shape index (κ2) is 5.24. The number of ether oxygens (including phenoxy) is 1. The zero-order chi connectivity index (χ0) is 15.0. The van der Waals surface area contributed by atoms with E-state index in [1.54, 1.807) is 0 Å². The van der Waals surface area contributed by atoms with Crippen LogP contribution in [0.1, 0.15) is 29.2 Å². The standard InChI is InChI=1S/C18H19NO2/c1-12-8-9-13(2)18-16(12)10-15-6-4-5-7-17(15)19(18)14(3)21-11-20/h4-9,11,14H,10H2,1-3H3. The fourth-order valence-electron chi connectivity index (χ4n) is 3.14. The van der Waals surface area contributed by atoms with Gasteiger partial charge in [0, 0.05) is 12.1 Å². The maximum absolute atomic E-state index is 10.8. The number of hydrogen-bond donors (Lipinski definition) is 0. The van der Waals surface area contributed by atoms with Crippen molar-refractivity contribution in [3.05, 3.63) is 58.7 Å². The van der Waals surface area contributed by atoms with Gasteiger partial charge in [-0.3, -0.25) is 4.79 Å². The van der Waals surface area contributed by atoms with Crippen LogP contribution in [0.15, 0.2) is 36.4 Å². The summed E-state index contributed by atoms with van der Waals surface area (Å²) >= 11 is 0. The van der Waals surface area contributed by atoms with Crippen LogP contribution in [0.2, 0.25) is 0 Å². The lowest BCUT2D eigenvalue weighted by Crippen LogP contribution is -2.35. The molecule has 0 spiro atoms. The zero-order valence-electron chi connectivity index (χ0n) is 12.6. The molecule has 3 rings (SSSR count). The molecule has 1 unspecified atom stereocenters. The molecule has 0 aliphatic carbocycles. The van der Waals surface area contributed by atoms with Gasteiger partial charge < -0.3 is 9.64 Å². The first-order valence-corrected chi connectivity index (χ1v) is 7.19. The Morgan fingerprint density at radius 1 is 1.14 bits per heavy atom. The number of hydrogen-bond acceptors (Lipinski definition) is 3. The SMILES string of the molecule is Cc1ccc(C)c2c1Cc1ccccc1N2C(C)OC=O. The summed E-state index contributed by atoms with van der Waals surface area (Å²) in [6.45, 7) is 6.66. The second-order valence-electron chi connectivity index (χ2n) is 5.53. The highest BCUT2D eigenvalue weighted by molar-refractivity contribution is 5.78. The highest BCUT2D eigenvalue weighted by Crippen LogP contribution is 2.43. The maximum atomic E-state index is 10.8. The minimum absolute atomic E-state index is 0.330. The average molecular weight is 281 g/mol. The summed E-state index contributed by atoms with van der Waals surface area (Å²) in [7, 11) is 0. The minimum Gasteiger partial charge on any atom is -0.444 e. The second-order valence-corrected chi connectivity index (χ2v) is 5.53. The van der Waals surface area contributed by atoms with Crippen LogP contribution in [0, 0.1) is 13.8 Å². The number of carbonyl (C=O) groups excluding carboxylic acids is 1. The summed E-state index contributed by atoms with van der Waals surface area (Å²) in [5, 5.41) is 0. The molecule has 0 aromatic heterocycles. The van der Waals surface area contributed by atoms with Crippen LogP contribution >= 0.6 is 0 Å². The Kier molecular flexibility index (Phi) is 3.42. The lowest BCUT2D eigenvalue weighted by Gasteiger charge is -2.38. The van der Waals surface area contributed by atoms with Crippen molar-refractivity contribution in [1.29, 1.82) is 0 Å². The summed E-state index contributed by atoms with van der Waals surface area (Å²) in [5.74, 6) is 0. The van der Waals surface area contributed by atoms with Crippen LogP contribution in [0.4, 0.5) is 11.4 Å². The largest absolute Gasteiger partial charge is 0.444 e. The van der Waals surface area contributed by atoms with Crippen molar-refractivity contribution in [2.24, 2.45) is 0 Å². The number of fused-ring (bicyclic) bond motifs is 2. The third-order valence-electron chi connectivity index (χ3n) is 4.19. The van der Waals surface area contributed by atoms with Gasteiger partial charge in [0.15, 0.2) is 6.23 Å². The molecule has 1 aliphatic rings. The van der Waals surface area contributed by atoms with E-state index in [0.29, 0.717) is 6.47 Å². The first-order chi connectivity index (χ1) is 10.1. The van der Waals surface area contributed by atoms with E-state index in [2.05, 4.69) is 49.1 Å². The van der Waals surface area contributed by atoms with Crippen molar-refractivity contribution < 1.29 is 9.53 Å². The predicted molar refractivity (Wildman–Crippen MR) is 83.9 cm³/mol. The molecule has 0 amide bonds. The van der Waals surface area contributed by atoms with Crippen LogP contribution < -0.4 is 4.90 Å². The van der Waals surface area contributed by atoms with Crippen LogP contribution in [-0.4, -0.2) is 12.7 Å². The fourth-order valence-corrected chi connectivity index (χ4v) is 3.14. The van der Waals surface area contributed by atoms with E-state index >= 15 is 0 Å². The van der Waals surface area contributed by atoms with E-state index in [0.717, 1.165) is 12.1 Å². The van der Waals surface area contributed by atoms with Gasteiger partial charge in [-0.1, -0.05) is 30.3 Å².